The Morgan fingerprint density at radius 3 is 2.18 bits per heavy atom. The van der Waals surface area contributed by atoms with Gasteiger partial charge in [-0.2, -0.15) is 8.78 Å². The number of ketones is 1. The van der Waals surface area contributed by atoms with E-state index in [0.29, 0.717) is 17.9 Å². The summed E-state index contributed by atoms with van der Waals surface area (Å²) in [5, 5.41) is 0.583. The molecule has 1 aliphatic rings. The lowest BCUT2D eigenvalue weighted by molar-refractivity contribution is -0.149. The van der Waals surface area contributed by atoms with Crippen molar-refractivity contribution in [3.8, 4) is 5.75 Å². The minimum absolute atomic E-state index is 0.0452. The van der Waals surface area contributed by atoms with Gasteiger partial charge in [0.2, 0.25) is 0 Å². The zero-order valence-corrected chi connectivity index (χ0v) is 15.8. The average molecular weight is 409 g/mol. The molecule has 0 heterocycles. The molecule has 148 valence electrons. The van der Waals surface area contributed by atoms with Crippen molar-refractivity contribution in [2.75, 3.05) is 6.61 Å². The number of carbonyl (C=O) groups excluding carboxylic acids is 2. The number of ether oxygens (including phenoxy) is 2. The van der Waals surface area contributed by atoms with E-state index in [-0.39, 0.29) is 11.3 Å². The number of esters is 1. The van der Waals surface area contributed by atoms with Crippen LogP contribution < -0.4 is 4.74 Å². The zero-order chi connectivity index (χ0) is 20.1. The predicted octanol–water partition coefficient (Wildman–Crippen LogP) is 5.18. The third kappa shape index (κ3) is 4.50. The summed E-state index contributed by atoms with van der Waals surface area (Å²) in [6, 6.07) is 12.4. The summed E-state index contributed by atoms with van der Waals surface area (Å²) in [4.78, 5) is 25.2. The van der Waals surface area contributed by atoms with Gasteiger partial charge in [0.25, 0.3) is 0 Å². The van der Waals surface area contributed by atoms with E-state index in [1.54, 1.807) is 12.1 Å². The highest BCUT2D eigenvalue weighted by molar-refractivity contribution is 6.30. The van der Waals surface area contributed by atoms with E-state index in [1.165, 1.54) is 24.3 Å². The third-order valence-electron chi connectivity index (χ3n) is 4.98. The number of rotatable bonds is 7. The van der Waals surface area contributed by atoms with Gasteiger partial charge >= 0.3 is 12.6 Å². The molecule has 28 heavy (non-hydrogen) atoms. The lowest BCUT2D eigenvalue weighted by Crippen LogP contribution is -2.35. The molecule has 0 amide bonds. The van der Waals surface area contributed by atoms with E-state index in [9.17, 15) is 18.4 Å². The van der Waals surface area contributed by atoms with Gasteiger partial charge < -0.3 is 9.47 Å². The molecule has 4 nitrogen and oxygen atoms in total. The van der Waals surface area contributed by atoms with Crippen molar-refractivity contribution in [1.82, 2.24) is 0 Å². The normalized spacial score (nSPS) is 15.4. The Kier molecular flexibility index (Phi) is 6.29. The maximum absolute atomic E-state index is 12.9. The van der Waals surface area contributed by atoms with E-state index in [2.05, 4.69) is 4.74 Å². The van der Waals surface area contributed by atoms with Gasteiger partial charge in [-0.3, -0.25) is 9.59 Å². The molecule has 2 aromatic carbocycles. The Bertz CT molecular complexity index is 828. The molecule has 0 aliphatic heterocycles. The topological polar surface area (TPSA) is 52.6 Å². The second-order valence-corrected chi connectivity index (χ2v) is 7.13. The standard InChI is InChI=1S/C21H19ClF2O4/c22-16-7-5-15(6-8-16)21(11-1-2-12-21)19(26)27-13-18(25)14-3-9-17(10-4-14)28-20(23)24/h3-10,20H,1-2,11-13H2. The van der Waals surface area contributed by atoms with E-state index in [1.807, 2.05) is 12.1 Å². The Balaban J connectivity index is 1.66. The molecule has 0 N–H and O–H groups in total. The van der Waals surface area contributed by atoms with Crippen molar-refractivity contribution in [2.24, 2.45) is 0 Å². The minimum atomic E-state index is -2.93. The lowest BCUT2D eigenvalue weighted by Gasteiger charge is -2.27. The van der Waals surface area contributed by atoms with E-state index >= 15 is 0 Å². The number of alkyl halides is 2. The molecule has 1 saturated carbocycles. The van der Waals surface area contributed by atoms with Crippen LogP contribution in [-0.2, 0) is 14.9 Å². The first-order chi connectivity index (χ1) is 13.4. The van der Waals surface area contributed by atoms with Crippen LogP contribution in [0.2, 0.25) is 5.02 Å². The van der Waals surface area contributed by atoms with Crippen LogP contribution in [-0.4, -0.2) is 25.0 Å². The van der Waals surface area contributed by atoms with Crippen LogP contribution in [0.4, 0.5) is 8.78 Å². The van der Waals surface area contributed by atoms with Crippen LogP contribution in [0.3, 0.4) is 0 Å². The number of hydrogen-bond acceptors (Lipinski definition) is 4. The van der Waals surface area contributed by atoms with Crippen molar-refractivity contribution in [1.29, 1.82) is 0 Å². The van der Waals surface area contributed by atoms with Crippen LogP contribution in [0, 0.1) is 0 Å². The van der Waals surface area contributed by atoms with Gasteiger partial charge in [-0.05, 0) is 54.8 Å². The molecule has 0 radical (unpaired) electrons. The van der Waals surface area contributed by atoms with Crippen LogP contribution in [0.5, 0.6) is 5.75 Å². The molecule has 2 aromatic rings. The minimum Gasteiger partial charge on any atom is -0.457 e. The van der Waals surface area contributed by atoms with Gasteiger partial charge in [0.15, 0.2) is 12.4 Å². The van der Waals surface area contributed by atoms with E-state index in [0.717, 1.165) is 18.4 Å². The van der Waals surface area contributed by atoms with Gasteiger partial charge in [0.05, 0.1) is 5.41 Å². The molecular formula is C21H19ClF2O4. The van der Waals surface area contributed by atoms with Crippen molar-refractivity contribution in [2.45, 2.75) is 37.7 Å². The van der Waals surface area contributed by atoms with Gasteiger partial charge in [0.1, 0.15) is 5.75 Å². The first-order valence-corrected chi connectivity index (χ1v) is 9.30. The van der Waals surface area contributed by atoms with Crippen molar-refractivity contribution < 1.29 is 27.8 Å². The molecule has 1 fully saturated rings. The number of hydrogen-bond donors (Lipinski definition) is 0. The average Bonchev–Trinajstić information content (AvgIpc) is 3.17. The van der Waals surface area contributed by atoms with Crippen LogP contribution in [0.1, 0.15) is 41.6 Å². The SMILES string of the molecule is O=C(COC(=O)C1(c2ccc(Cl)cc2)CCCC1)c1ccc(OC(F)F)cc1. The fraction of sp³-hybridized carbons (Fsp3) is 0.333. The zero-order valence-electron chi connectivity index (χ0n) is 15.0. The summed E-state index contributed by atoms with van der Waals surface area (Å²) in [5.74, 6) is -0.893. The van der Waals surface area contributed by atoms with E-state index in [4.69, 9.17) is 16.3 Å². The Morgan fingerprint density at radius 2 is 1.61 bits per heavy atom. The molecule has 3 rings (SSSR count). The Morgan fingerprint density at radius 1 is 1.00 bits per heavy atom. The lowest BCUT2D eigenvalue weighted by atomic mass is 9.79. The number of Topliss-reactive ketones (excluding diaryl/α,β-unsaturated/α-hetero) is 1. The van der Waals surface area contributed by atoms with Gasteiger partial charge in [-0.15, -0.1) is 0 Å². The second-order valence-electron chi connectivity index (χ2n) is 6.70. The smallest absolute Gasteiger partial charge is 0.387 e. The predicted molar refractivity (Wildman–Crippen MR) is 100.0 cm³/mol. The van der Waals surface area contributed by atoms with Crippen molar-refractivity contribution in [3.63, 3.8) is 0 Å². The molecule has 0 aromatic heterocycles. The number of halogens is 3. The highest BCUT2D eigenvalue weighted by Crippen LogP contribution is 2.42. The quantitative estimate of drug-likeness (QED) is 0.468. The fourth-order valence-corrected chi connectivity index (χ4v) is 3.66. The first kappa shape index (κ1) is 20.3. The highest BCUT2D eigenvalue weighted by Gasteiger charge is 2.44. The molecular weight excluding hydrogens is 390 g/mol. The summed E-state index contributed by atoms with van der Waals surface area (Å²) in [5.41, 5.74) is 0.321. The largest absolute Gasteiger partial charge is 0.457 e. The number of carbonyl (C=O) groups is 2. The molecule has 0 bridgehead atoms. The molecule has 0 atom stereocenters. The summed E-state index contributed by atoms with van der Waals surface area (Å²) >= 11 is 5.94. The van der Waals surface area contributed by atoms with Gasteiger partial charge in [-0.1, -0.05) is 36.6 Å². The fourth-order valence-electron chi connectivity index (χ4n) is 3.53. The molecule has 0 saturated heterocycles. The van der Waals surface area contributed by atoms with Crippen LogP contribution in [0.15, 0.2) is 48.5 Å². The maximum Gasteiger partial charge on any atom is 0.387 e. The third-order valence-corrected chi connectivity index (χ3v) is 5.23. The highest BCUT2D eigenvalue weighted by atomic mass is 35.5. The first-order valence-electron chi connectivity index (χ1n) is 8.92. The summed E-state index contributed by atoms with van der Waals surface area (Å²) in [7, 11) is 0. The number of benzene rings is 2. The van der Waals surface area contributed by atoms with Crippen molar-refractivity contribution in [3.05, 3.63) is 64.7 Å². The van der Waals surface area contributed by atoms with Crippen molar-refractivity contribution >= 4 is 23.4 Å². The Hall–Kier alpha value is -2.47. The Labute approximate surface area is 166 Å². The molecule has 0 spiro atoms. The maximum atomic E-state index is 12.9. The van der Waals surface area contributed by atoms with Crippen LogP contribution >= 0.6 is 11.6 Å². The van der Waals surface area contributed by atoms with Gasteiger partial charge in [0, 0.05) is 10.6 Å². The monoisotopic (exact) mass is 408 g/mol. The molecule has 7 heteroatoms. The van der Waals surface area contributed by atoms with Gasteiger partial charge in [-0.25, -0.2) is 0 Å². The molecule has 1 aliphatic carbocycles. The van der Waals surface area contributed by atoms with E-state index < -0.39 is 30.4 Å². The summed E-state index contributed by atoms with van der Waals surface area (Å²) < 4.78 is 34.0. The second kappa shape index (κ2) is 8.69. The molecule has 0 unspecified atom stereocenters. The van der Waals surface area contributed by atoms with Crippen LogP contribution in [0.25, 0.3) is 0 Å². The summed E-state index contributed by atoms with van der Waals surface area (Å²) in [6.45, 7) is -3.35. The summed E-state index contributed by atoms with van der Waals surface area (Å²) in [6.07, 6.45) is 3.11.